The zero-order valence-corrected chi connectivity index (χ0v) is 16.4. The van der Waals surface area contributed by atoms with Crippen molar-refractivity contribution in [1.82, 2.24) is 0 Å². The van der Waals surface area contributed by atoms with Gasteiger partial charge < -0.3 is 17.1 Å². The van der Waals surface area contributed by atoms with Crippen LogP contribution in [0.25, 0.3) is 0 Å². The van der Waals surface area contributed by atoms with Crippen molar-refractivity contribution in [1.29, 1.82) is 0 Å². The van der Waals surface area contributed by atoms with Crippen LogP contribution in [0.3, 0.4) is 0 Å². The van der Waals surface area contributed by atoms with E-state index in [-0.39, 0.29) is 18.9 Å². The number of unbranched alkanes of at least 4 members (excludes halogenated alkanes) is 5. The van der Waals surface area contributed by atoms with Gasteiger partial charge in [0.05, 0.1) is 0 Å². The van der Waals surface area contributed by atoms with Gasteiger partial charge in [0.1, 0.15) is 6.42 Å². The van der Waals surface area contributed by atoms with Gasteiger partial charge in [0.15, 0.2) is 0 Å². The van der Waals surface area contributed by atoms with Crippen LogP contribution in [0.4, 0.5) is 0 Å². The first kappa shape index (κ1) is 28.3. The zero-order valence-electron chi connectivity index (χ0n) is 16.4. The van der Waals surface area contributed by atoms with E-state index in [9.17, 15) is 9.59 Å². The van der Waals surface area contributed by atoms with E-state index in [0.29, 0.717) is 5.92 Å². The summed E-state index contributed by atoms with van der Waals surface area (Å²) in [7, 11) is 0. The summed E-state index contributed by atoms with van der Waals surface area (Å²) in [5.41, 5.74) is 0. The van der Waals surface area contributed by atoms with Crippen molar-refractivity contribution in [3.05, 3.63) is 6.92 Å². The second kappa shape index (κ2) is 20.6. The molecule has 0 aromatic rings. The van der Waals surface area contributed by atoms with Crippen molar-refractivity contribution in [2.24, 2.45) is 11.8 Å². The summed E-state index contributed by atoms with van der Waals surface area (Å²) < 4.78 is 0. The third-order valence-electron chi connectivity index (χ3n) is 4.10. The van der Waals surface area contributed by atoms with Gasteiger partial charge in [0.25, 0.3) is 0 Å². The fraction of sp³-hybridized carbons (Fsp3) is 0.842. The second-order valence-electron chi connectivity index (χ2n) is 6.24. The standard InChI is InChI=1S/C16H33.C3H4O4.Li/c1-5-8-10-12-13-15(4)16(7-3)14-11-9-6-2;4-2(5)1-3(6)7;/h15-16H,4-14H2,1-3H3;1H2,(H,4,5)(H,6,7);/q-1;;+1. The molecule has 0 radical (unpaired) electrons. The summed E-state index contributed by atoms with van der Waals surface area (Å²) in [6, 6.07) is 0. The quantitative estimate of drug-likeness (QED) is 0.235. The predicted octanol–water partition coefficient (Wildman–Crippen LogP) is 2.56. The molecule has 0 heterocycles. The molecule has 0 aromatic carbocycles. The Kier molecular flexibility index (Phi) is 24.3. The number of carboxylic acid groups (broad SMARTS) is 2. The van der Waals surface area contributed by atoms with Crippen LogP contribution in [0.5, 0.6) is 0 Å². The monoisotopic (exact) mass is 336 g/mol. The summed E-state index contributed by atoms with van der Waals surface area (Å²) in [6.07, 6.45) is 13.0. The zero-order chi connectivity index (χ0) is 18.1. The van der Waals surface area contributed by atoms with Gasteiger partial charge >= 0.3 is 30.8 Å². The molecular formula is C19H37LiO4. The van der Waals surface area contributed by atoms with Gasteiger partial charge in [0.2, 0.25) is 0 Å². The van der Waals surface area contributed by atoms with Crippen LogP contribution in [0.2, 0.25) is 0 Å². The van der Waals surface area contributed by atoms with Crippen molar-refractivity contribution in [3.8, 4) is 0 Å². The van der Waals surface area contributed by atoms with E-state index in [1.165, 1.54) is 64.2 Å². The molecule has 0 aromatic heterocycles. The van der Waals surface area contributed by atoms with Crippen molar-refractivity contribution in [2.45, 2.75) is 91.4 Å². The minimum Gasteiger partial charge on any atom is -0.481 e. The van der Waals surface area contributed by atoms with E-state index < -0.39 is 18.4 Å². The molecule has 0 rings (SSSR count). The summed E-state index contributed by atoms with van der Waals surface area (Å²) in [5, 5.41) is 15.4. The number of carboxylic acids is 2. The van der Waals surface area contributed by atoms with Gasteiger partial charge in [-0.15, -0.1) is 0 Å². The third-order valence-corrected chi connectivity index (χ3v) is 4.10. The molecule has 138 valence electrons. The van der Waals surface area contributed by atoms with Crippen molar-refractivity contribution in [3.63, 3.8) is 0 Å². The Bertz CT molecular complexity index is 283. The molecule has 0 saturated heterocycles. The minimum atomic E-state index is -1.31. The molecule has 0 fully saturated rings. The first-order valence-electron chi connectivity index (χ1n) is 9.15. The summed E-state index contributed by atoms with van der Waals surface area (Å²) in [5.74, 6) is -1.04. The third kappa shape index (κ3) is 21.5. The number of aliphatic carboxylic acids is 2. The molecule has 0 bridgehead atoms. The Labute approximate surface area is 161 Å². The fourth-order valence-corrected chi connectivity index (χ4v) is 2.63. The van der Waals surface area contributed by atoms with E-state index in [4.69, 9.17) is 10.2 Å². The van der Waals surface area contributed by atoms with Crippen molar-refractivity contribution >= 4 is 11.9 Å². The van der Waals surface area contributed by atoms with Crippen LogP contribution in [0, 0.1) is 18.8 Å². The summed E-state index contributed by atoms with van der Waals surface area (Å²) >= 11 is 0. The minimum absolute atomic E-state index is 0. The largest absolute Gasteiger partial charge is 1.00 e. The summed E-state index contributed by atoms with van der Waals surface area (Å²) in [6.45, 7) is 11.3. The molecule has 0 aliphatic carbocycles. The number of rotatable bonds is 13. The van der Waals surface area contributed by atoms with Gasteiger partial charge in [-0.05, 0) is 0 Å². The SMILES string of the molecule is O=C(O)CC(=O)O.[CH2-]C(CCCCCC)C(CC)CCCCC.[Li+]. The maximum atomic E-state index is 9.43. The van der Waals surface area contributed by atoms with E-state index in [2.05, 4.69) is 27.7 Å². The maximum Gasteiger partial charge on any atom is 1.00 e. The average Bonchev–Trinajstić information content (AvgIpc) is 2.47. The average molecular weight is 336 g/mol. The Hall–Kier alpha value is -0.463. The van der Waals surface area contributed by atoms with Crippen LogP contribution < -0.4 is 18.9 Å². The number of carbonyl (C=O) groups is 2. The molecule has 0 aliphatic rings. The van der Waals surface area contributed by atoms with Gasteiger partial charge in [-0.25, -0.2) is 0 Å². The molecule has 5 heteroatoms. The Balaban J connectivity index is -0.000000468. The van der Waals surface area contributed by atoms with Crippen molar-refractivity contribution < 1.29 is 38.7 Å². The molecule has 0 aliphatic heterocycles. The molecule has 0 saturated carbocycles. The molecule has 24 heavy (non-hydrogen) atoms. The van der Waals surface area contributed by atoms with Gasteiger partial charge in [0, 0.05) is 0 Å². The maximum absolute atomic E-state index is 9.43. The molecular weight excluding hydrogens is 299 g/mol. The van der Waals surface area contributed by atoms with Crippen LogP contribution in [-0.4, -0.2) is 22.2 Å². The van der Waals surface area contributed by atoms with Crippen molar-refractivity contribution in [2.75, 3.05) is 0 Å². The van der Waals surface area contributed by atoms with Gasteiger partial charge in [-0.3, -0.25) is 9.59 Å². The molecule has 0 amide bonds. The first-order chi connectivity index (χ1) is 10.9. The summed E-state index contributed by atoms with van der Waals surface area (Å²) in [4.78, 5) is 18.9. The van der Waals surface area contributed by atoms with E-state index in [1.807, 2.05) is 0 Å². The van der Waals surface area contributed by atoms with E-state index >= 15 is 0 Å². The predicted molar refractivity (Wildman–Crippen MR) is 95.4 cm³/mol. The number of hydrogen-bond acceptors (Lipinski definition) is 2. The smallest absolute Gasteiger partial charge is 0.481 e. The fourth-order valence-electron chi connectivity index (χ4n) is 2.63. The molecule has 2 N–H and O–H groups in total. The van der Waals surface area contributed by atoms with E-state index in [0.717, 1.165) is 5.92 Å². The molecule has 2 atom stereocenters. The molecule has 2 unspecified atom stereocenters. The van der Waals surface area contributed by atoms with Crippen LogP contribution in [0.1, 0.15) is 91.4 Å². The normalized spacial score (nSPS) is 12.3. The Morgan fingerprint density at radius 1 is 0.833 bits per heavy atom. The number of hydrogen-bond donors (Lipinski definition) is 2. The van der Waals surface area contributed by atoms with Crippen LogP contribution in [0.15, 0.2) is 0 Å². The van der Waals surface area contributed by atoms with E-state index in [1.54, 1.807) is 0 Å². The van der Waals surface area contributed by atoms with Crippen LogP contribution in [-0.2, 0) is 9.59 Å². The molecule has 4 nitrogen and oxygen atoms in total. The van der Waals surface area contributed by atoms with Gasteiger partial charge in [-0.2, -0.15) is 5.92 Å². The first-order valence-corrected chi connectivity index (χ1v) is 9.15. The van der Waals surface area contributed by atoms with Gasteiger partial charge in [-0.1, -0.05) is 90.9 Å². The van der Waals surface area contributed by atoms with Crippen LogP contribution >= 0.6 is 0 Å². The molecule has 0 spiro atoms. The Morgan fingerprint density at radius 2 is 1.29 bits per heavy atom. The topological polar surface area (TPSA) is 74.6 Å². The second-order valence-corrected chi connectivity index (χ2v) is 6.24. The Morgan fingerprint density at radius 3 is 1.67 bits per heavy atom.